The second-order valence-electron chi connectivity index (χ2n) is 4.19. The lowest BCUT2D eigenvalue weighted by molar-refractivity contribution is 0.0929. The second-order valence-corrected chi connectivity index (χ2v) is 4.19. The Labute approximate surface area is 112 Å². The van der Waals surface area contributed by atoms with Crippen LogP contribution in [0.2, 0.25) is 0 Å². The number of carbonyl (C=O) groups excluding carboxylic acids is 1. The fourth-order valence-electron chi connectivity index (χ4n) is 1.95. The number of aromatic nitrogens is 2. The van der Waals surface area contributed by atoms with E-state index in [1.807, 2.05) is 26.0 Å². The van der Waals surface area contributed by atoms with Crippen LogP contribution in [0.15, 0.2) is 35.3 Å². The maximum atomic E-state index is 12.2. The average Bonchev–Trinajstić information content (AvgIpc) is 2.94. The van der Waals surface area contributed by atoms with Crippen LogP contribution in [-0.2, 0) is 6.42 Å². The van der Waals surface area contributed by atoms with Crippen molar-refractivity contribution in [2.75, 3.05) is 0 Å². The van der Waals surface area contributed by atoms with Gasteiger partial charge in [0.15, 0.2) is 12.1 Å². The predicted molar refractivity (Wildman–Crippen MR) is 70.6 cm³/mol. The number of hydrogen-bond donors (Lipinski definition) is 1. The van der Waals surface area contributed by atoms with Crippen LogP contribution < -0.4 is 5.32 Å². The van der Waals surface area contributed by atoms with E-state index in [9.17, 15) is 4.79 Å². The highest BCUT2D eigenvalue weighted by Crippen LogP contribution is 2.17. The minimum atomic E-state index is -0.200. The Morgan fingerprint density at radius 3 is 2.74 bits per heavy atom. The molecule has 1 atom stereocenters. The van der Waals surface area contributed by atoms with Crippen molar-refractivity contribution in [3.05, 3.63) is 47.9 Å². The zero-order valence-electron chi connectivity index (χ0n) is 11.1. The average molecular weight is 259 g/mol. The van der Waals surface area contributed by atoms with Gasteiger partial charge in [-0.15, -0.1) is 0 Å². The van der Waals surface area contributed by atoms with Gasteiger partial charge in [0.05, 0.1) is 6.04 Å². The number of hydrogen-bond acceptors (Lipinski definition) is 4. The van der Waals surface area contributed by atoms with Crippen LogP contribution in [0.3, 0.4) is 0 Å². The van der Waals surface area contributed by atoms with E-state index in [0.29, 0.717) is 17.9 Å². The third-order valence-corrected chi connectivity index (χ3v) is 3.00. The summed E-state index contributed by atoms with van der Waals surface area (Å²) >= 11 is 0. The second kappa shape index (κ2) is 6.13. The largest absolute Gasteiger partial charge is 0.448 e. The molecule has 0 saturated carbocycles. The lowest BCUT2D eigenvalue weighted by Crippen LogP contribution is -2.29. The number of nitrogens with zero attached hydrogens (tertiary/aromatic N) is 2. The van der Waals surface area contributed by atoms with Gasteiger partial charge in [-0.2, -0.15) is 0 Å². The zero-order chi connectivity index (χ0) is 13.7. The lowest BCUT2D eigenvalue weighted by Gasteiger charge is -2.16. The molecule has 0 saturated heterocycles. The van der Waals surface area contributed by atoms with E-state index in [1.165, 1.54) is 6.39 Å². The summed E-state index contributed by atoms with van der Waals surface area (Å²) in [5, 5.41) is 2.97. The van der Waals surface area contributed by atoms with Gasteiger partial charge in [0.2, 0.25) is 0 Å². The molecule has 0 spiro atoms. The first-order chi connectivity index (χ1) is 9.26. The van der Waals surface area contributed by atoms with Gasteiger partial charge in [-0.25, -0.2) is 4.98 Å². The summed E-state index contributed by atoms with van der Waals surface area (Å²) in [5.74, 6) is 0.413. The van der Waals surface area contributed by atoms with Crippen LogP contribution in [-0.4, -0.2) is 15.9 Å². The Bertz CT molecular complexity index is 537. The van der Waals surface area contributed by atoms with Gasteiger partial charge < -0.3 is 9.73 Å². The molecular weight excluding hydrogens is 242 g/mol. The van der Waals surface area contributed by atoms with Crippen LogP contribution in [0.4, 0.5) is 0 Å². The summed E-state index contributed by atoms with van der Waals surface area (Å²) in [5.41, 5.74) is 1.40. The lowest BCUT2D eigenvalue weighted by atomic mass is 10.1. The molecule has 2 aromatic heterocycles. The molecular formula is C14H17N3O2. The fourth-order valence-corrected chi connectivity index (χ4v) is 1.95. The molecule has 0 aromatic carbocycles. The smallest absolute Gasteiger partial charge is 0.274 e. The molecule has 2 heterocycles. The van der Waals surface area contributed by atoms with Crippen molar-refractivity contribution >= 4 is 5.91 Å². The molecule has 100 valence electrons. The molecule has 19 heavy (non-hydrogen) atoms. The number of aryl methyl sites for hydroxylation is 1. The first-order valence-corrected chi connectivity index (χ1v) is 6.39. The summed E-state index contributed by atoms with van der Waals surface area (Å²) in [6.07, 6.45) is 6.19. The standard InChI is InChI=1S/C14H17N3O2/c1-3-11(10-5-7-15-8-6-10)17-14(18)13-12(4-2)19-9-16-13/h5-9,11H,3-4H2,1-2H3,(H,17,18)/t11-/m0/s1. The number of pyridine rings is 1. The van der Waals surface area contributed by atoms with Gasteiger partial charge in [0, 0.05) is 18.8 Å². The normalized spacial score (nSPS) is 12.1. The van der Waals surface area contributed by atoms with Crippen molar-refractivity contribution < 1.29 is 9.21 Å². The van der Waals surface area contributed by atoms with Crippen molar-refractivity contribution in [2.24, 2.45) is 0 Å². The Balaban J connectivity index is 2.13. The van der Waals surface area contributed by atoms with Crippen molar-refractivity contribution in [3.8, 4) is 0 Å². The topological polar surface area (TPSA) is 68.0 Å². The van der Waals surface area contributed by atoms with Gasteiger partial charge in [0.1, 0.15) is 5.76 Å². The van der Waals surface area contributed by atoms with Crippen molar-refractivity contribution in [1.82, 2.24) is 15.3 Å². The van der Waals surface area contributed by atoms with E-state index in [2.05, 4.69) is 15.3 Å². The maximum absolute atomic E-state index is 12.2. The van der Waals surface area contributed by atoms with E-state index >= 15 is 0 Å². The molecule has 0 aliphatic carbocycles. The van der Waals surface area contributed by atoms with Crippen LogP contribution in [0.5, 0.6) is 0 Å². The maximum Gasteiger partial charge on any atom is 0.274 e. The van der Waals surface area contributed by atoms with Crippen molar-refractivity contribution in [1.29, 1.82) is 0 Å². The number of rotatable bonds is 5. The SMILES string of the molecule is CCc1ocnc1C(=O)N[C@@H](CC)c1ccncc1. The van der Waals surface area contributed by atoms with Crippen LogP contribution in [0, 0.1) is 0 Å². The van der Waals surface area contributed by atoms with E-state index < -0.39 is 0 Å². The van der Waals surface area contributed by atoms with E-state index in [-0.39, 0.29) is 11.9 Å². The molecule has 5 nitrogen and oxygen atoms in total. The monoisotopic (exact) mass is 259 g/mol. The summed E-state index contributed by atoms with van der Waals surface area (Å²) in [4.78, 5) is 20.1. The van der Waals surface area contributed by atoms with Crippen LogP contribution >= 0.6 is 0 Å². The molecule has 2 rings (SSSR count). The highest BCUT2D eigenvalue weighted by atomic mass is 16.3. The summed E-state index contributed by atoms with van der Waals surface area (Å²) < 4.78 is 5.17. The fraction of sp³-hybridized carbons (Fsp3) is 0.357. The molecule has 1 N–H and O–H groups in total. The van der Waals surface area contributed by atoms with Gasteiger partial charge in [-0.3, -0.25) is 9.78 Å². The Morgan fingerprint density at radius 1 is 1.37 bits per heavy atom. The Morgan fingerprint density at radius 2 is 2.11 bits per heavy atom. The molecule has 2 aromatic rings. The van der Waals surface area contributed by atoms with E-state index in [1.54, 1.807) is 12.4 Å². The number of oxazole rings is 1. The van der Waals surface area contributed by atoms with Crippen LogP contribution in [0.25, 0.3) is 0 Å². The quantitative estimate of drug-likeness (QED) is 0.895. The number of carbonyl (C=O) groups is 1. The first kappa shape index (κ1) is 13.3. The van der Waals surface area contributed by atoms with Gasteiger partial charge >= 0.3 is 0 Å². The van der Waals surface area contributed by atoms with Crippen LogP contribution in [0.1, 0.15) is 48.1 Å². The number of amides is 1. The van der Waals surface area contributed by atoms with Gasteiger partial charge in [-0.05, 0) is 24.1 Å². The van der Waals surface area contributed by atoms with Gasteiger partial charge in [-0.1, -0.05) is 13.8 Å². The molecule has 0 aliphatic rings. The van der Waals surface area contributed by atoms with Gasteiger partial charge in [0.25, 0.3) is 5.91 Å². The predicted octanol–water partition coefficient (Wildman–Crippen LogP) is 2.51. The molecule has 0 bridgehead atoms. The highest BCUT2D eigenvalue weighted by Gasteiger charge is 2.19. The minimum absolute atomic E-state index is 0.0445. The summed E-state index contributed by atoms with van der Waals surface area (Å²) in [7, 11) is 0. The number of nitrogens with one attached hydrogen (secondary N) is 1. The molecule has 0 fully saturated rings. The summed E-state index contributed by atoms with van der Waals surface area (Å²) in [6, 6.07) is 3.76. The molecule has 0 aliphatic heterocycles. The molecule has 5 heteroatoms. The molecule has 0 unspecified atom stereocenters. The first-order valence-electron chi connectivity index (χ1n) is 6.39. The Kier molecular flexibility index (Phi) is 4.28. The third-order valence-electron chi connectivity index (χ3n) is 3.00. The molecule has 0 radical (unpaired) electrons. The van der Waals surface area contributed by atoms with Crippen molar-refractivity contribution in [2.45, 2.75) is 32.7 Å². The van der Waals surface area contributed by atoms with E-state index in [0.717, 1.165) is 12.0 Å². The zero-order valence-corrected chi connectivity index (χ0v) is 11.1. The summed E-state index contributed by atoms with van der Waals surface area (Å²) in [6.45, 7) is 3.95. The van der Waals surface area contributed by atoms with E-state index in [4.69, 9.17) is 4.42 Å². The third kappa shape index (κ3) is 2.99. The minimum Gasteiger partial charge on any atom is -0.448 e. The van der Waals surface area contributed by atoms with Crippen molar-refractivity contribution in [3.63, 3.8) is 0 Å². The Hall–Kier alpha value is -2.17. The molecule has 1 amide bonds. The highest BCUT2D eigenvalue weighted by molar-refractivity contribution is 5.93.